The van der Waals surface area contributed by atoms with E-state index in [1.54, 1.807) is 6.08 Å². The number of piperidine rings is 1. The van der Waals surface area contributed by atoms with E-state index in [-0.39, 0.29) is 11.8 Å². The minimum atomic E-state index is 0.0900. The summed E-state index contributed by atoms with van der Waals surface area (Å²) in [6.07, 6.45) is 6.30. The molecule has 24 heavy (non-hydrogen) atoms. The van der Waals surface area contributed by atoms with Crippen LogP contribution in [0.25, 0.3) is 6.08 Å². The zero-order valence-corrected chi connectivity index (χ0v) is 14.6. The number of carbonyl (C=O) groups excluding carboxylic acids is 2. The number of likely N-dealkylation sites (tertiary alicyclic amines) is 1. The van der Waals surface area contributed by atoms with E-state index in [1.165, 1.54) is 6.42 Å². The predicted octanol–water partition coefficient (Wildman–Crippen LogP) is 3.33. The zero-order chi connectivity index (χ0) is 17.1. The van der Waals surface area contributed by atoms with Crippen LogP contribution in [-0.4, -0.2) is 36.3 Å². The standard InChI is InChI=1S/C20H26N2O2/c1-15-12-16(2)14-21(13-15)19(23)10-7-17-5-8-18(9-6-17)22-11-3-4-20(22)24/h5-10,15-16H,3-4,11-14H2,1-2H3/b10-7+. The normalized spacial score (nSPS) is 24.8. The fourth-order valence-electron chi connectivity index (χ4n) is 3.80. The molecule has 3 rings (SSSR count). The van der Waals surface area contributed by atoms with Gasteiger partial charge in [0.2, 0.25) is 11.8 Å². The van der Waals surface area contributed by atoms with E-state index < -0.39 is 0 Å². The van der Waals surface area contributed by atoms with Crippen molar-refractivity contribution in [2.75, 3.05) is 24.5 Å². The highest BCUT2D eigenvalue weighted by atomic mass is 16.2. The molecule has 2 unspecified atom stereocenters. The maximum Gasteiger partial charge on any atom is 0.246 e. The topological polar surface area (TPSA) is 40.6 Å². The molecule has 128 valence electrons. The molecule has 1 aromatic rings. The van der Waals surface area contributed by atoms with Crippen LogP contribution < -0.4 is 4.90 Å². The van der Waals surface area contributed by atoms with E-state index in [2.05, 4.69) is 13.8 Å². The molecule has 2 saturated heterocycles. The van der Waals surface area contributed by atoms with Gasteiger partial charge in [0.05, 0.1) is 0 Å². The molecule has 4 heteroatoms. The Bertz CT molecular complexity index is 626. The molecule has 4 nitrogen and oxygen atoms in total. The number of rotatable bonds is 3. The van der Waals surface area contributed by atoms with Gasteiger partial charge in [0, 0.05) is 37.8 Å². The first kappa shape index (κ1) is 16.7. The molecule has 0 aromatic heterocycles. The molecule has 0 bridgehead atoms. The zero-order valence-electron chi connectivity index (χ0n) is 14.6. The summed E-state index contributed by atoms with van der Waals surface area (Å²) >= 11 is 0. The Morgan fingerprint density at radius 1 is 1.12 bits per heavy atom. The highest BCUT2D eigenvalue weighted by Crippen LogP contribution is 2.23. The summed E-state index contributed by atoms with van der Waals surface area (Å²) in [5, 5.41) is 0. The van der Waals surface area contributed by atoms with E-state index in [1.807, 2.05) is 40.1 Å². The fourth-order valence-corrected chi connectivity index (χ4v) is 3.80. The molecule has 0 spiro atoms. The van der Waals surface area contributed by atoms with E-state index in [4.69, 9.17) is 0 Å². The molecule has 2 atom stereocenters. The SMILES string of the molecule is CC1CC(C)CN(C(=O)/C=C/c2ccc(N3CCCC3=O)cc2)C1. The number of benzene rings is 1. The maximum atomic E-state index is 12.4. The molecular weight excluding hydrogens is 300 g/mol. The molecule has 2 amide bonds. The second-order valence-electron chi connectivity index (χ2n) is 7.26. The van der Waals surface area contributed by atoms with Crippen LogP contribution >= 0.6 is 0 Å². The Kier molecular flexibility index (Phi) is 5.03. The lowest BCUT2D eigenvalue weighted by atomic mass is 9.92. The summed E-state index contributed by atoms with van der Waals surface area (Å²) in [6.45, 7) is 6.92. The van der Waals surface area contributed by atoms with Crippen LogP contribution in [0.15, 0.2) is 30.3 Å². The Morgan fingerprint density at radius 3 is 2.38 bits per heavy atom. The third-order valence-electron chi connectivity index (χ3n) is 4.88. The minimum Gasteiger partial charge on any atom is -0.339 e. The number of hydrogen-bond donors (Lipinski definition) is 0. The third-order valence-corrected chi connectivity index (χ3v) is 4.88. The quantitative estimate of drug-likeness (QED) is 0.800. The summed E-state index contributed by atoms with van der Waals surface area (Å²) in [5.41, 5.74) is 1.93. The van der Waals surface area contributed by atoms with Crippen LogP contribution in [0.5, 0.6) is 0 Å². The van der Waals surface area contributed by atoms with Gasteiger partial charge in [-0.2, -0.15) is 0 Å². The Hall–Kier alpha value is -2.10. The molecule has 1 aromatic carbocycles. The predicted molar refractivity (Wildman–Crippen MR) is 96.6 cm³/mol. The second kappa shape index (κ2) is 7.20. The van der Waals surface area contributed by atoms with Gasteiger partial charge in [-0.1, -0.05) is 26.0 Å². The Balaban J connectivity index is 1.62. The van der Waals surface area contributed by atoms with Gasteiger partial charge in [-0.05, 0) is 48.4 Å². The minimum absolute atomic E-state index is 0.0900. The number of hydrogen-bond acceptors (Lipinski definition) is 2. The summed E-state index contributed by atoms with van der Waals surface area (Å²) in [4.78, 5) is 27.9. The van der Waals surface area contributed by atoms with Crippen molar-refractivity contribution in [2.24, 2.45) is 11.8 Å². The van der Waals surface area contributed by atoms with Crippen LogP contribution in [0.1, 0.15) is 38.7 Å². The van der Waals surface area contributed by atoms with Gasteiger partial charge in [0.15, 0.2) is 0 Å². The van der Waals surface area contributed by atoms with Gasteiger partial charge in [-0.25, -0.2) is 0 Å². The van der Waals surface area contributed by atoms with Crippen molar-refractivity contribution in [1.29, 1.82) is 0 Å². The van der Waals surface area contributed by atoms with Gasteiger partial charge in [-0.15, -0.1) is 0 Å². The van der Waals surface area contributed by atoms with Crippen LogP contribution in [0.4, 0.5) is 5.69 Å². The highest BCUT2D eigenvalue weighted by Gasteiger charge is 2.24. The summed E-state index contributed by atoms with van der Waals surface area (Å²) < 4.78 is 0. The van der Waals surface area contributed by atoms with E-state index in [9.17, 15) is 9.59 Å². The van der Waals surface area contributed by atoms with Gasteiger partial charge in [0.1, 0.15) is 0 Å². The summed E-state index contributed by atoms with van der Waals surface area (Å²) in [7, 11) is 0. The second-order valence-corrected chi connectivity index (χ2v) is 7.26. The molecule has 2 aliphatic heterocycles. The number of carbonyl (C=O) groups is 2. The van der Waals surface area contributed by atoms with Crippen molar-refractivity contribution in [3.63, 3.8) is 0 Å². The molecule has 2 aliphatic rings. The van der Waals surface area contributed by atoms with Gasteiger partial charge >= 0.3 is 0 Å². The molecule has 2 heterocycles. The number of amides is 2. The number of anilines is 1. The lowest BCUT2D eigenvalue weighted by Crippen LogP contribution is -2.41. The first-order valence-corrected chi connectivity index (χ1v) is 8.90. The van der Waals surface area contributed by atoms with Crippen molar-refractivity contribution >= 4 is 23.6 Å². The summed E-state index contributed by atoms with van der Waals surface area (Å²) in [5.74, 6) is 1.43. The molecule has 0 saturated carbocycles. The smallest absolute Gasteiger partial charge is 0.246 e. The van der Waals surface area contributed by atoms with E-state index in [0.717, 1.165) is 37.3 Å². The number of nitrogens with zero attached hydrogens (tertiary/aromatic N) is 2. The van der Waals surface area contributed by atoms with Crippen LogP contribution in [0, 0.1) is 11.8 Å². The molecule has 0 aliphatic carbocycles. The lowest BCUT2D eigenvalue weighted by Gasteiger charge is -2.34. The van der Waals surface area contributed by atoms with Crippen LogP contribution in [0.2, 0.25) is 0 Å². The van der Waals surface area contributed by atoms with Gasteiger partial charge in [0.25, 0.3) is 0 Å². The molecule has 2 fully saturated rings. The van der Waals surface area contributed by atoms with Crippen molar-refractivity contribution in [2.45, 2.75) is 33.1 Å². The van der Waals surface area contributed by atoms with Crippen molar-refractivity contribution < 1.29 is 9.59 Å². The van der Waals surface area contributed by atoms with E-state index in [0.29, 0.717) is 18.3 Å². The van der Waals surface area contributed by atoms with Gasteiger partial charge in [-0.3, -0.25) is 9.59 Å². The molecule has 0 radical (unpaired) electrons. The highest BCUT2D eigenvalue weighted by molar-refractivity contribution is 5.95. The fraction of sp³-hybridized carbons (Fsp3) is 0.500. The largest absolute Gasteiger partial charge is 0.339 e. The van der Waals surface area contributed by atoms with Crippen molar-refractivity contribution in [3.05, 3.63) is 35.9 Å². The first-order valence-electron chi connectivity index (χ1n) is 8.90. The molecular formula is C20H26N2O2. The van der Waals surface area contributed by atoms with Crippen molar-refractivity contribution in [3.8, 4) is 0 Å². The average Bonchev–Trinajstić information content (AvgIpc) is 2.98. The third kappa shape index (κ3) is 3.86. The van der Waals surface area contributed by atoms with Crippen LogP contribution in [0.3, 0.4) is 0 Å². The van der Waals surface area contributed by atoms with Gasteiger partial charge < -0.3 is 9.80 Å². The van der Waals surface area contributed by atoms with Crippen molar-refractivity contribution in [1.82, 2.24) is 4.90 Å². The first-order chi connectivity index (χ1) is 11.5. The van der Waals surface area contributed by atoms with E-state index >= 15 is 0 Å². The Morgan fingerprint density at radius 2 is 1.79 bits per heavy atom. The monoisotopic (exact) mass is 326 g/mol. The maximum absolute atomic E-state index is 12.4. The average molecular weight is 326 g/mol. The Labute approximate surface area is 144 Å². The lowest BCUT2D eigenvalue weighted by molar-refractivity contribution is -0.128. The summed E-state index contributed by atoms with van der Waals surface area (Å²) in [6, 6.07) is 7.84. The van der Waals surface area contributed by atoms with Crippen LogP contribution in [-0.2, 0) is 9.59 Å². The molecule has 0 N–H and O–H groups in total.